The summed E-state index contributed by atoms with van der Waals surface area (Å²) in [5, 5.41) is 2.97. The molecule has 31 heavy (non-hydrogen) atoms. The van der Waals surface area contributed by atoms with Crippen molar-refractivity contribution in [1.82, 2.24) is 15.3 Å². The molecule has 2 heterocycles. The number of oxazole rings is 1. The van der Waals surface area contributed by atoms with Crippen molar-refractivity contribution in [2.24, 2.45) is 0 Å². The number of rotatable bonds is 5. The highest BCUT2D eigenvalue weighted by Crippen LogP contribution is 2.23. The van der Waals surface area contributed by atoms with Gasteiger partial charge in [0.1, 0.15) is 0 Å². The molecule has 5 heteroatoms. The van der Waals surface area contributed by atoms with Gasteiger partial charge in [-0.25, -0.2) is 4.98 Å². The zero-order valence-electron chi connectivity index (χ0n) is 16.7. The molecule has 0 spiro atoms. The molecule has 0 radical (unpaired) electrons. The van der Waals surface area contributed by atoms with Crippen molar-refractivity contribution in [3.8, 4) is 22.6 Å². The highest BCUT2D eigenvalue weighted by molar-refractivity contribution is 5.94. The molecule has 3 aromatic carbocycles. The minimum Gasteiger partial charge on any atom is -0.434 e. The number of benzene rings is 3. The Labute approximate surface area is 179 Å². The zero-order chi connectivity index (χ0) is 21.0. The van der Waals surface area contributed by atoms with E-state index in [2.05, 4.69) is 27.4 Å². The molecule has 0 unspecified atom stereocenters. The van der Waals surface area contributed by atoms with Gasteiger partial charge in [-0.15, -0.1) is 0 Å². The Kier molecular flexibility index (Phi) is 4.99. The van der Waals surface area contributed by atoms with E-state index in [1.54, 1.807) is 6.20 Å². The summed E-state index contributed by atoms with van der Waals surface area (Å²) in [5.41, 5.74) is 5.96. The molecule has 0 aliphatic rings. The van der Waals surface area contributed by atoms with E-state index in [1.807, 2.05) is 78.9 Å². The van der Waals surface area contributed by atoms with E-state index in [4.69, 9.17) is 4.42 Å². The van der Waals surface area contributed by atoms with Crippen molar-refractivity contribution in [3.05, 3.63) is 108 Å². The van der Waals surface area contributed by atoms with E-state index in [0.717, 1.165) is 22.3 Å². The summed E-state index contributed by atoms with van der Waals surface area (Å²) in [7, 11) is 0. The fraction of sp³-hybridized carbons (Fsp3) is 0.0385. The maximum atomic E-state index is 12.5. The SMILES string of the molecule is O=C(NCc1ccc(-c2nc3ncccc3o2)cc1)c1ccc(-c2ccccc2)cc1. The van der Waals surface area contributed by atoms with Gasteiger partial charge in [0.15, 0.2) is 11.2 Å². The summed E-state index contributed by atoms with van der Waals surface area (Å²) in [5.74, 6) is 0.427. The van der Waals surface area contributed by atoms with Crippen LogP contribution in [0.25, 0.3) is 33.8 Å². The third-order valence-electron chi connectivity index (χ3n) is 5.07. The molecule has 0 aliphatic carbocycles. The average Bonchev–Trinajstić information content (AvgIpc) is 3.28. The Bertz CT molecular complexity index is 1290. The number of amides is 1. The van der Waals surface area contributed by atoms with Gasteiger partial charge in [0, 0.05) is 23.9 Å². The van der Waals surface area contributed by atoms with Gasteiger partial charge in [-0.1, -0.05) is 54.6 Å². The number of nitrogens with one attached hydrogen (secondary N) is 1. The van der Waals surface area contributed by atoms with Crippen LogP contribution in [-0.4, -0.2) is 15.9 Å². The van der Waals surface area contributed by atoms with Gasteiger partial charge in [0.25, 0.3) is 5.91 Å². The van der Waals surface area contributed by atoms with Gasteiger partial charge in [0.2, 0.25) is 5.89 Å². The topological polar surface area (TPSA) is 68.0 Å². The van der Waals surface area contributed by atoms with Gasteiger partial charge in [0.05, 0.1) is 0 Å². The number of hydrogen-bond acceptors (Lipinski definition) is 4. The fourth-order valence-electron chi connectivity index (χ4n) is 3.39. The van der Waals surface area contributed by atoms with Gasteiger partial charge in [-0.05, 0) is 53.1 Å². The largest absolute Gasteiger partial charge is 0.434 e. The molecule has 1 N–H and O–H groups in total. The summed E-state index contributed by atoms with van der Waals surface area (Å²) in [6.45, 7) is 0.439. The fourth-order valence-corrected chi connectivity index (χ4v) is 3.39. The second-order valence-corrected chi connectivity index (χ2v) is 7.17. The standard InChI is InChI=1S/C26H19N3O2/c30-25(21-14-12-20(13-15-21)19-5-2-1-3-6-19)28-17-18-8-10-22(11-9-18)26-29-24-23(31-26)7-4-16-27-24/h1-16H,17H2,(H,28,30). The molecule has 0 bridgehead atoms. The quantitative estimate of drug-likeness (QED) is 0.420. The molecule has 5 rings (SSSR count). The second-order valence-electron chi connectivity index (χ2n) is 7.17. The van der Waals surface area contributed by atoms with Crippen molar-refractivity contribution in [3.63, 3.8) is 0 Å². The summed E-state index contributed by atoms with van der Waals surface area (Å²) in [6, 6.07) is 29.2. The van der Waals surface area contributed by atoms with Crippen molar-refractivity contribution < 1.29 is 9.21 Å². The summed E-state index contributed by atoms with van der Waals surface area (Å²) >= 11 is 0. The van der Waals surface area contributed by atoms with Crippen LogP contribution in [0.3, 0.4) is 0 Å². The highest BCUT2D eigenvalue weighted by atomic mass is 16.3. The van der Waals surface area contributed by atoms with Crippen LogP contribution in [0, 0.1) is 0 Å². The van der Waals surface area contributed by atoms with Crippen LogP contribution in [0.1, 0.15) is 15.9 Å². The van der Waals surface area contributed by atoms with E-state index in [1.165, 1.54) is 0 Å². The molecule has 1 amide bonds. The van der Waals surface area contributed by atoms with Gasteiger partial charge >= 0.3 is 0 Å². The normalized spacial score (nSPS) is 10.8. The number of fused-ring (bicyclic) bond motifs is 1. The Hall–Kier alpha value is -4.25. The highest BCUT2D eigenvalue weighted by Gasteiger charge is 2.09. The van der Waals surface area contributed by atoms with Crippen LogP contribution in [0.4, 0.5) is 0 Å². The first-order chi connectivity index (χ1) is 15.3. The number of pyridine rings is 1. The van der Waals surface area contributed by atoms with Crippen molar-refractivity contribution in [2.75, 3.05) is 0 Å². The molecule has 0 saturated carbocycles. The van der Waals surface area contributed by atoms with Crippen LogP contribution < -0.4 is 5.32 Å². The second kappa shape index (κ2) is 8.24. The summed E-state index contributed by atoms with van der Waals surface area (Å²) in [4.78, 5) is 21.1. The van der Waals surface area contributed by atoms with Crippen molar-refractivity contribution >= 4 is 17.1 Å². The Balaban J connectivity index is 1.23. The van der Waals surface area contributed by atoms with Crippen LogP contribution in [-0.2, 0) is 6.54 Å². The Morgan fingerprint density at radius 1 is 0.774 bits per heavy atom. The van der Waals surface area contributed by atoms with E-state index >= 15 is 0 Å². The smallest absolute Gasteiger partial charge is 0.251 e. The molecular weight excluding hydrogens is 386 g/mol. The first-order valence-electron chi connectivity index (χ1n) is 10.0. The minimum atomic E-state index is -0.103. The predicted octanol–water partition coefficient (Wildman–Crippen LogP) is 5.49. The van der Waals surface area contributed by atoms with E-state index < -0.39 is 0 Å². The number of nitrogens with zero attached hydrogens (tertiary/aromatic N) is 2. The lowest BCUT2D eigenvalue weighted by atomic mass is 10.0. The van der Waals surface area contributed by atoms with Gasteiger partial charge in [-0.3, -0.25) is 4.79 Å². The molecule has 0 saturated heterocycles. The number of hydrogen-bond donors (Lipinski definition) is 1. The first-order valence-corrected chi connectivity index (χ1v) is 10.0. The number of carbonyl (C=O) groups excluding carboxylic acids is 1. The monoisotopic (exact) mass is 405 g/mol. The molecule has 5 nitrogen and oxygen atoms in total. The average molecular weight is 405 g/mol. The van der Waals surface area contributed by atoms with Crippen LogP contribution in [0.15, 0.2) is 102 Å². The lowest BCUT2D eigenvalue weighted by Crippen LogP contribution is -2.22. The maximum absolute atomic E-state index is 12.5. The van der Waals surface area contributed by atoms with Crippen molar-refractivity contribution in [1.29, 1.82) is 0 Å². The van der Waals surface area contributed by atoms with Gasteiger partial charge < -0.3 is 9.73 Å². The molecule has 2 aromatic heterocycles. The minimum absolute atomic E-state index is 0.103. The van der Waals surface area contributed by atoms with E-state index in [0.29, 0.717) is 29.2 Å². The zero-order valence-corrected chi connectivity index (χ0v) is 16.7. The van der Waals surface area contributed by atoms with Crippen molar-refractivity contribution in [2.45, 2.75) is 6.54 Å². The maximum Gasteiger partial charge on any atom is 0.251 e. The summed E-state index contributed by atoms with van der Waals surface area (Å²) in [6.07, 6.45) is 1.69. The van der Waals surface area contributed by atoms with Crippen LogP contribution >= 0.6 is 0 Å². The molecule has 5 aromatic rings. The molecule has 0 atom stereocenters. The van der Waals surface area contributed by atoms with Gasteiger partial charge in [-0.2, -0.15) is 4.98 Å². The Morgan fingerprint density at radius 3 is 2.23 bits per heavy atom. The predicted molar refractivity (Wildman–Crippen MR) is 120 cm³/mol. The Morgan fingerprint density at radius 2 is 1.48 bits per heavy atom. The van der Waals surface area contributed by atoms with E-state index in [9.17, 15) is 4.79 Å². The lowest BCUT2D eigenvalue weighted by Gasteiger charge is -2.07. The molecule has 0 fully saturated rings. The molecular formula is C26H19N3O2. The first kappa shape index (κ1) is 18.8. The molecule has 150 valence electrons. The number of carbonyl (C=O) groups is 1. The molecule has 0 aliphatic heterocycles. The number of aromatic nitrogens is 2. The van der Waals surface area contributed by atoms with Crippen LogP contribution in [0.5, 0.6) is 0 Å². The summed E-state index contributed by atoms with van der Waals surface area (Å²) < 4.78 is 5.75. The van der Waals surface area contributed by atoms with E-state index in [-0.39, 0.29) is 5.91 Å². The third-order valence-corrected chi connectivity index (χ3v) is 5.07. The third kappa shape index (κ3) is 4.07. The lowest BCUT2D eigenvalue weighted by molar-refractivity contribution is 0.0951. The van der Waals surface area contributed by atoms with Crippen LogP contribution in [0.2, 0.25) is 0 Å².